The summed E-state index contributed by atoms with van der Waals surface area (Å²) in [6.07, 6.45) is 4.20. The Bertz CT molecular complexity index is 500. The van der Waals surface area contributed by atoms with Crippen molar-refractivity contribution in [3.05, 3.63) is 23.9 Å². The first-order valence-electron chi connectivity index (χ1n) is 6.91. The number of rotatable bonds is 8. The minimum absolute atomic E-state index is 0.140. The molecule has 0 bridgehead atoms. The molecule has 1 rings (SSSR count). The van der Waals surface area contributed by atoms with Crippen molar-refractivity contribution in [2.24, 2.45) is 0 Å². The topological polar surface area (TPSA) is 62.3 Å². The van der Waals surface area contributed by atoms with Gasteiger partial charge < -0.3 is 10.2 Å². The molecule has 5 nitrogen and oxygen atoms in total. The zero-order valence-electron chi connectivity index (χ0n) is 12.8. The van der Waals surface area contributed by atoms with Gasteiger partial charge in [-0.15, -0.1) is 0 Å². The van der Waals surface area contributed by atoms with Crippen LogP contribution in [-0.2, 0) is 9.84 Å². The summed E-state index contributed by atoms with van der Waals surface area (Å²) >= 11 is 0. The lowest BCUT2D eigenvalue weighted by Gasteiger charge is -2.19. The van der Waals surface area contributed by atoms with Gasteiger partial charge in [-0.05, 0) is 31.5 Å². The molecule has 0 saturated carbocycles. The van der Waals surface area contributed by atoms with E-state index in [1.165, 1.54) is 6.26 Å². The summed E-state index contributed by atoms with van der Waals surface area (Å²) in [4.78, 5) is 6.26. The van der Waals surface area contributed by atoms with Crippen LogP contribution in [0.25, 0.3) is 0 Å². The monoisotopic (exact) mass is 299 g/mol. The van der Waals surface area contributed by atoms with Crippen LogP contribution < -0.4 is 10.2 Å². The number of hydrogen-bond donors (Lipinski definition) is 1. The third-order valence-electron chi connectivity index (χ3n) is 3.16. The second-order valence-corrected chi connectivity index (χ2v) is 7.44. The van der Waals surface area contributed by atoms with Gasteiger partial charge in [0.05, 0.1) is 5.75 Å². The Morgan fingerprint density at radius 3 is 2.60 bits per heavy atom. The number of anilines is 1. The molecular weight excluding hydrogens is 274 g/mol. The molecule has 20 heavy (non-hydrogen) atoms. The lowest BCUT2D eigenvalue weighted by molar-refractivity contribution is 0.569. The van der Waals surface area contributed by atoms with Crippen molar-refractivity contribution in [2.45, 2.75) is 26.3 Å². The number of nitrogens with one attached hydrogen (secondary N) is 1. The fourth-order valence-corrected chi connectivity index (χ4v) is 2.38. The average molecular weight is 299 g/mol. The second-order valence-electron chi connectivity index (χ2n) is 5.18. The van der Waals surface area contributed by atoms with Crippen LogP contribution in [0.3, 0.4) is 0 Å². The molecule has 0 radical (unpaired) electrons. The SMILES string of the molecule is CCCNC(C)c1ccc(N(C)CCS(C)(=O)=O)nc1. The van der Waals surface area contributed by atoms with E-state index >= 15 is 0 Å². The Hall–Kier alpha value is -1.14. The van der Waals surface area contributed by atoms with E-state index in [0.717, 1.165) is 24.3 Å². The summed E-state index contributed by atoms with van der Waals surface area (Å²) in [7, 11) is -1.09. The molecule has 0 aliphatic rings. The zero-order chi connectivity index (χ0) is 15.2. The molecule has 0 amide bonds. The number of pyridine rings is 1. The van der Waals surface area contributed by atoms with E-state index in [1.54, 1.807) is 0 Å². The van der Waals surface area contributed by atoms with Crippen LogP contribution in [0.2, 0.25) is 0 Å². The number of hydrogen-bond acceptors (Lipinski definition) is 5. The first kappa shape index (κ1) is 16.9. The van der Waals surface area contributed by atoms with Crippen LogP contribution in [0.4, 0.5) is 5.82 Å². The van der Waals surface area contributed by atoms with E-state index in [-0.39, 0.29) is 11.8 Å². The van der Waals surface area contributed by atoms with Gasteiger partial charge in [0.1, 0.15) is 15.7 Å². The van der Waals surface area contributed by atoms with E-state index in [9.17, 15) is 8.42 Å². The molecule has 0 aliphatic heterocycles. The van der Waals surface area contributed by atoms with Crippen LogP contribution in [0.5, 0.6) is 0 Å². The van der Waals surface area contributed by atoms with Gasteiger partial charge >= 0.3 is 0 Å². The van der Waals surface area contributed by atoms with Crippen molar-refractivity contribution in [2.75, 3.05) is 37.0 Å². The molecule has 0 aliphatic carbocycles. The minimum Gasteiger partial charge on any atom is -0.359 e. The fourth-order valence-electron chi connectivity index (χ4n) is 1.78. The van der Waals surface area contributed by atoms with Crippen molar-refractivity contribution in [1.82, 2.24) is 10.3 Å². The van der Waals surface area contributed by atoms with E-state index in [1.807, 2.05) is 30.3 Å². The molecule has 0 spiro atoms. The van der Waals surface area contributed by atoms with Gasteiger partial charge in [0, 0.05) is 32.1 Å². The van der Waals surface area contributed by atoms with Gasteiger partial charge in [-0.3, -0.25) is 0 Å². The van der Waals surface area contributed by atoms with Gasteiger partial charge in [-0.2, -0.15) is 0 Å². The van der Waals surface area contributed by atoms with Crippen LogP contribution >= 0.6 is 0 Å². The molecule has 1 aromatic rings. The van der Waals surface area contributed by atoms with Gasteiger partial charge in [0.2, 0.25) is 0 Å². The highest BCUT2D eigenvalue weighted by atomic mass is 32.2. The van der Waals surface area contributed by atoms with Crippen molar-refractivity contribution < 1.29 is 8.42 Å². The third kappa shape index (κ3) is 5.88. The molecule has 0 fully saturated rings. The van der Waals surface area contributed by atoms with Crippen molar-refractivity contribution >= 4 is 15.7 Å². The predicted molar refractivity (Wildman–Crippen MR) is 83.9 cm³/mol. The summed E-state index contributed by atoms with van der Waals surface area (Å²) in [5.41, 5.74) is 1.14. The van der Waals surface area contributed by atoms with Crippen LogP contribution in [-0.4, -0.2) is 45.5 Å². The molecule has 6 heteroatoms. The molecule has 114 valence electrons. The Morgan fingerprint density at radius 1 is 1.40 bits per heavy atom. The molecule has 0 saturated heterocycles. The van der Waals surface area contributed by atoms with E-state index < -0.39 is 9.84 Å². The largest absolute Gasteiger partial charge is 0.359 e. The summed E-state index contributed by atoms with van der Waals surface area (Å²) in [5.74, 6) is 0.932. The molecule has 1 unspecified atom stereocenters. The van der Waals surface area contributed by atoms with Crippen LogP contribution in [0.15, 0.2) is 18.3 Å². The van der Waals surface area contributed by atoms with E-state index in [4.69, 9.17) is 0 Å². The molecule has 0 aromatic carbocycles. The molecule has 1 heterocycles. The van der Waals surface area contributed by atoms with Crippen LogP contribution in [0.1, 0.15) is 31.9 Å². The second kappa shape index (κ2) is 7.59. The number of aromatic nitrogens is 1. The summed E-state index contributed by atoms with van der Waals surface area (Å²) in [6, 6.07) is 4.24. The number of nitrogens with zero attached hydrogens (tertiary/aromatic N) is 2. The quantitative estimate of drug-likeness (QED) is 0.790. The molecular formula is C14H25N3O2S. The Balaban J connectivity index is 2.61. The van der Waals surface area contributed by atoms with E-state index in [2.05, 4.69) is 24.1 Å². The number of sulfone groups is 1. The third-order valence-corrected chi connectivity index (χ3v) is 4.08. The maximum Gasteiger partial charge on any atom is 0.149 e. The zero-order valence-corrected chi connectivity index (χ0v) is 13.6. The molecule has 1 atom stereocenters. The summed E-state index contributed by atoms with van der Waals surface area (Å²) in [5, 5.41) is 3.41. The first-order chi connectivity index (χ1) is 9.33. The highest BCUT2D eigenvalue weighted by molar-refractivity contribution is 7.90. The van der Waals surface area contributed by atoms with Gasteiger partial charge in [-0.25, -0.2) is 13.4 Å². The smallest absolute Gasteiger partial charge is 0.149 e. The molecule has 1 N–H and O–H groups in total. The van der Waals surface area contributed by atoms with Gasteiger partial charge in [0.25, 0.3) is 0 Å². The first-order valence-corrected chi connectivity index (χ1v) is 8.97. The van der Waals surface area contributed by atoms with Crippen molar-refractivity contribution in [1.29, 1.82) is 0 Å². The van der Waals surface area contributed by atoms with Gasteiger partial charge in [-0.1, -0.05) is 13.0 Å². The maximum absolute atomic E-state index is 11.2. The predicted octanol–water partition coefficient (Wildman–Crippen LogP) is 1.62. The lowest BCUT2D eigenvalue weighted by atomic mass is 10.1. The highest BCUT2D eigenvalue weighted by Gasteiger charge is 2.09. The normalized spacial score (nSPS) is 13.2. The minimum atomic E-state index is -2.94. The highest BCUT2D eigenvalue weighted by Crippen LogP contribution is 2.15. The lowest BCUT2D eigenvalue weighted by Crippen LogP contribution is -2.26. The van der Waals surface area contributed by atoms with Crippen molar-refractivity contribution in [3.63, 3.8) is 0 Å². The standard InChI is InChI=1S/C14H25N3O2S/c1-5-8-15-12(2)13-6-7-14(16-11-13)17(3)9-10-20(4,18)19/h6-7,11-12,15H,5,8-10H2,1-4H3. The van der Waals surface area contributed by atoms with E-state index in [0.29, 0.717) is 6.54 Å². The average Bonchev–Trinajstić information content (AvgIpc) is 2.41. The summed E-state index contributed by atoms with van der Waals surface area (Å²) < 4.78 is 22.3. The Kier molecular flexibility index (Phi) is 6.42. The van der Waals surface area contributed by atoms with Crippen molar-refractivity contribution in [3.8, 4) is 0 Å². The Morgan fingerprint density at radius 2 is 2.10 bits per heavy atom. The maximum atomic E-state index is 11.2. The fraction of sp³-hybridized carbons (Fsp3) is 0.643. The van der Waals surface area contributed by atoms with Gasteiger partial charge in [0.15, 0.2) is 0 Å². The van der Waals surface area contributed by atoms with Crippen LogP contribution in [0, 0.1) is 0 Å². The summed E-state index contributed by atoms with van der Waals surface area (Å²) in [6.45, 7) is 5.68. The Labute approximate surface area is 122 Å². The molecule has 1 aromatic heterocycles.